The first kappa shape index (κ1) is 9.91. The highest BCUT2D eigenvalue weighted by Gasteiger charge is 2.03. The number of hydrogen-bond acceptors (Lipinski definition) is 1. The molecule has 0 atom stereocenters. The molecule has 0 N–H and O–H groups in total. The lowest BCUT2D eigenvalue weighted by Crippen LogP contribution is -1.89. The molecule has 15 heavy (non-hydrogen) atoms. The minimum Gasteiger partial charge on any atom is -0.256 e. The van der Waals surface area contributed by atoms with Gasteiger partial charge in [0.1, 0.15) is 0 Å². The topological polar surface area (TPSA) is 12.9 Å². The number of benzene rings is 1. The second-order valence-electron chi connectivity index (χ2n) is 3.97. The van der Waals surface area contributed by atoms with Crippen molar-refractivity contribution in [2.24, 2.45) is 0 Å². The Morgan fingerprint density at radius 3 is 2.40 bits per heavy atom. The molecular formula is C14H15N. The third kappa shape index (κ3) is 1.91. The van der Waals surface area contributed by atoms with E-state index < -0.39 is 0 Å². The Balaban J connectivity index is 2.54. The van der Waals surface area contributed by atoms with Gasteiger partial charge in [0.25, 0.3) is 0 Å². The van der Waals surface area contributed by atoms with Gasteiger partial charge in [-0.3, -0.25) is 4.98 Å². The SMILES string of the molecule is Cc1ccc(-c2cccc(C)c2C)nc1. The summed E-state index contributed by atoms with van der Waals surface area (Å²) >= 11 is 0. The van der Waals surface area contributed by atoms with Crippen molar-refractivity contribution in [1.82, 2.24) is 4.98 Å². The van der Waals surface area contributed by atoms with Crippen molar-refractivity contribution in [2.45, 2.75) is 20.8 Å². The van der Waals surface area contributed by atoms with Crippen LogP contribution in [0.25, 0.3) is 11.3 Å². The van der Waals surface area contributed by atoms with Crippen molar-refractivity contribution in [3.05, 3.63) is 53.2 Å². The summed E-state index contributed by atoms with van der Waals surface area (Å²) in [5, 5.41) is 0. The van der Waals surface area contributed by atoms with Gasteiger partial charge in [0, 0.05) is 11.8 Å². The average molecular weight is 197 g/mol. The van der Waals surface area contributed by atoms with Crippen molar-refractivity contribution in [2.75, 3.05) is 0 Å². The molecule has 0 amide bonds. The summed E-state index contributed by atoms with van der Waals surface area (Å²) in [6.07, 6.45) is 1.91. The van der Waals surface area contributed by atoms with Gasteiger partial charge in [0.05, 0.1) is 5.69 Å². The maximum Gasteiger partial charge on any atom is 0.0704 e. The van der Waals surface area contributed by atoms with Crippen molar-refractivity contribution >= 4 is 0 Å². The third-order valence-electron chi connectivity index (χ3n) is 2.79. The molecule has 0 spiro atoms. The van der Waals surface area contributed by atoms with E-state index >= 15 is 0 Å². The smallest absolute Gasteiger partial charge is 0.0704 e. The van der Waals surface area contributed by atoms with Crippen LogP contribution >= 0.6 is 0 Å². The highest BCUT2D eigenvalue weighted by molar-refractivity contribution is 5.64. The fourth-order valence-corrected chi connectivity index (χ4v) is 1.66. The van der Waals surface area contributed by atoms with E-state index in [4.69, 9.17) is 0 Å². The molecule has 0 radical (unpaired) electrons. The zero-order valence-electron chi connectivity index (χ0n) is 9.41. The summed E-state index contributed by atoms with van der Waals surface area (Å²) in [7, 11) is 0. The van der Waals surface area contributed by atoms with Gasteiger partial charge < -0.3 is 0 Å². The van der Waals surface area contributed by atoms with E-state index in [1.165, 1.54) is 22.3 Å². The van der Waals surface area contributed by atoms with Crippen LogP contribution in [0.3, 0.4) is 0 Å². The van der Waals surface area contributed by atoms with Crippen LogP contribution in [-0.4, -0.2) is 4.98 Å². The summed E-state index contributed by atoms with van der Waals surface area (Å²) in [5.74, 6) is 0. The zero-order valence-corrected chi connectivity index (χ0v) is 9.41. The summed E-state index contributed by atoms with van der Waals surface area (Å²) in [6.45, 7) is 6.33. The second kappa shape index (κ2) is 3.85. The molecule has 0 saturated heterocycles. The van der Waals surface area contributed by atoms with E-state index in [0.29, 0.717) is 0 Å². The minimum absolute atomic E-state index is 1.06. The highest BCUT2D eigenvalue weighted by Crippen LogP contribution is 2.23. The zero-order chi connectivity index (χ0) is 10.8. The molecule has 2 rings (SSSR count). The van der Waals surface area contributed by atoms with E-state index in [1.807, 2.05) is 6.20 Å². The van der Waals surface area contributed by atoms with Crippen LogP contribution in [0, 0.1) is 20.8 Å². The summed E-state index contributed by atoms with van der Waals surface area (Å²) in [4.78, 5) is 4.45. The molecule has 76 valence electrons. The Morgan fingerprint density at radius 1 is 0.933 bits per heavy atom. The highest BCUT2D eigenvalue weighted by atomic mass is 14.7. The Bertz CT molecular complexity index is 469. The molecule has 1 heterocycles. The molecule has 2 aromatic rings. The van der Waals surface area contributed by atoms with E-state index in [9.17, 15) is 0 Å². The molecule has 0 bridgehead atoms. The molecular weight excluding hydrogens is 182 g/mol. The third-order valence-corrected chi connectivity index (χ3v) is 2.79. The quantitative estimate of drug-likeness (QED) is 0.679. The molecule has 0 saturated carbocycles. The maximum absolute atomic E-state index is 4.45. The second-order valence-corrected chi connectivity index (χ2v) is 3.97. The van der Waals surface area contributed by atoms with Crippen LogP contribution in [-0.2, 0) is 0 Å². The van der Waals surface area contributed by atoms with Crippen LogP contribution in [0.4, 0.5) is 0 Å². The number of hydrogen-bond donors (Lipinski definition) is 0. The van der Waals surface area contributed by atoms with E-state index in [2.05, 4.69) is 56.1 Å². The first-order chi connectivity index (χ1) is 7.18. The largest absolute Gasteiger partial charge is 0.256 e. The van der Waals surface area contributed by atoms with Crippen molar-refractivity contribution < 1.29 is 0 Å². The van der Waals surface area contributed by atoms with Crippen LogP contribution < -0.4 is 0 Å². The van der Waals surface area contributed by atoms with Gasteiger partial charge >= 0.3 is 0 Å². The maximum atomic E-state index is 4.45. The molecule has 0 fully saturated rings. The Hall–Kier alpha value is -1.63. The molecule has 1 aromatic carbocycles. The molecule has 0 unspecified atom stereocenters. The number of aryl methyl sites for hydroxylation is 2. The fraction of sp³-hybridized carbons (Fsp3) is 0.214. The first-order valence-electron chi connectivity index (χ1n) is 5.18. The number of pyridine rings is 1. The van der Waals surface area contributed by atoms with Crippen molar-refractivity contribution in [1.29, 1.82) is 0 Å². The Morgan fingerprint density at radius 2 is 1.73 bits per heavy atom. The molecule has 0 aliphatic rings. The molecule has 0 aliphatic heterocycles. The first-order valence-corrected chi connectivity index (χ1v) is 5.18. The minimum atomic E-state index is 1.06. The predicted octanol–water partition coefficient (Wildman–Crippen LogP) is 3.67. The van der Waals surface area contributed by atoms with E-state index in [0.717, 1.165) is 5.69 Å². The van der Waals surface area contributed by atoms with Crippen LogP contribution in [0.1, 0.15) is 16.7 Å². The van der Waals surface area contributed by atoms with Crippen LogP contribution in [0.5, 0.6) is 0 Å². The van der Waals surface area contributed by atoms with Crippen molar-refractivity contribution in [3.63, 3.8) is 0 Å². The number of nitrogens with zero attached hydrogens (tertiary/aromatic N) is 1. The summed E-state index contributed by atoms with van der Waals surface area (Å²) < 4.78 is 0. The predicted molar refractivity (Wildman–Crippen MR) is 63.9 cm³/mol. The Labute approximate surface area is 90.8 Å². The normalized spacial score (nSPS) is 10.3. The molecule has 1 heteroatoms. The van der Waals surface area contributed by atoms with E-state index in [-0.39, 0.29) is 0 Å². The standard InChI is InChI=1S/C14H15N/c1-10-7-8-14(15-9-10)13-6-4-5-11(2)12(13)3/h4-9H,1-3H3. The van der Waals surface area contributed by atoms with E-state index in [1.54, 1.807) is 0 Å². The van der Waals surface area contributed by atoms with Gasteiger partial charge in [-0.25, -0.2) is 0 Å². The van der Waals surface area contributed by atoms with Gasteiger partial charge in [0.15, 0.2) is 0 Å². The molecule has 0 aliphatic carbocycles. The number of aromatic nitrogens is 1. The average Bonchev–Trinajstić information content (AvgIpc) is 2.24. The monoisotopic (exact) mass is 197 g/mol. The van der Waals surface area contributed by atoms with Gasteiger partial charge in [0.2, 0.25) is 0 Å². The van der Waals surface area contributed by atoms with Gasteiger partial charge in [-0.15, -0.1) is 0 Å². The van der Waals surface area contributed by atoms with Crippen LogP contribution in [0.15, 0.2) is 36.5 Å². The summed E-state index contributed by atoms with van der Waals surface area (Å²) in [6, 6.07) is 10.5. The lowest BCUT2D eigenvalue weighted by Gasteiger charge is -2.07. The van der Waals surface area contributed by atoms with Gasteiger partial charge in [-0.05, 0) is 43.5 Å². The molecule has 1 aromatic heterocycles. The number of rotatable bonds is 1. The lowest BCUT2D eigenvalue weighted by molar-refractivity contribution is 1.25. The van der Waals surface area contributed by atoms with Gasteiger partial charge in [-0.2, -0.15) is 0 Å². The summed E-state index contributed by atoms with van der Waals surface area (Å²) in [5.41, 5.74) is 6.12. The lowest BCUT2D eigenvalue weighted by atomic mass is 10.0. The molecule has 1 nitrogen and oxygen atoms in total. The Kier molecular flexibility index (Phi) is 2.55. The van der Waals surface area contributed by atoms with Crippen molar-refractivity contribution in [3.8, 4) is 11.3 Å². The fourth-order valence-electron chi connectivity index (χ4n) is 1.66. The van der Waals surface area contributed by atoms with Gasteiger partial charge in [-0.1, -0.05) is 24.3 Å². The van der Waals surface area contributed by atoms with Crippen LogP contribution in [0.2, 0.25) is 0 Å².